The summed E-state index contributed by atoms with van der Waals surface area (Å²) in [6, 6.07) is 0. The van der Waals surface area contributed by atoms with Gasteiger partial charge >= 0.3 is 0 Å². The first-order valence-electron chi connectivity index (χ1n) is 5.82. The van der Waals surface area contributed by atoms with Crippen molar-refractivity contribution in [2.24, 2.45) is 13.8 Å². The van der Waals surface area contributed by atoms with Gasteiger partial charge in [-0.1, -0.05) is 0 Å². The first kappa shape index (κ1) is 19.8. The SMILES string of the molecule is CC(C)(C)N=P1(NC(C)(C)C)N=P(Cl)(Cl)NP(Cl)(Cl)=N1. The molecule has 1 heterocycles. The van der Waals surface area contributed by atoms with Gasteiger partial charge in [0.05, 0.1) is 5.54 Å². The largest absolute Gasteiger partial charge is 0.257 e. The van der Waals surface area contributed by atoms with Gasteiger partial charge in [0, 0.05) is 5.54 Å². The predicted molar refractivity (Wildman–Crippen MR) is 97.2 cm³/mol. The Labute approximate surface area is 140 Å². The van der Waals surface area contributed by atoms with Gasteiger partial charge in [-0.05, 0) is 86.5 Å². The summed E-state index contributed by atoms with van der Waals surface area (Å²) in [5.74, 6) is -5.69. The number of nitrogens with zero attached hydrogens (tertiary/aromatic N) is 3. The third-order valence-electron chi connectivity index (χ3n) is 1.64. The molecule has 120 valence electrons. The van der Waals surface area contributed by atoms with Crippen molar-refractivity contribution in [1.29, 1.82) is 0 Å². The number of nitrogens with one attached hydrogen (secondary N) is 2. The predicted octanol–water partition coefficient (Wildman–Crippen LogP) is 7.57. The summed E-state index contributed by atoms with van der Waals surface area (Å²) in [7, 11) is -2.74. The van der Waals surface area contributed by atoms with Crippen LogP contribution < -0.4 is 9.95 Å². The summed E-state index contributed by atoms with van der Waals surface area (Å²) >= 11 is 24.9. The molecule has 1 aliphatic rings. The fourth-order valence-electron chi connectivity index (χ4n) is 1.49. The topological polar surface area (TPSA) is 61.1 Å². The molecular formula is C8H20Cl4N5P3. The smallest absolute Gasteiger partial charge is 0.243 e. The highest BCUT2D eigenvalue weighted by Crippen LogP contribution is 2.81. The molecule has 0 aromatic carbocycles. The van der Waals surface area contributed by atoms with E-state index in [9.17, 15) is 0 Å². The minimum Gasteiger partial charge on any atom is -0.243 e. The van der Waals surface area contributed by atoms with Crippen LogP contribution in [-0.2, 0) is 0 Å². The van der Waals surface area contributed by atoms with E-state index in [1.54, 1.807) is 0 Å². The summed E-state index contributed by atoms with van der Waals surface area (Å²) in [4.78, 5) is 2.74. The monoisotopic (exact) mass is 419 g/mol. The molecule has 0 bridgehead atoms. The Hall–Kier alpha value is 1.77. The molecule has 2 N–H and O–H groups in total. The van der Waals surface area contributed by atoms with Gasteiger partial charge in [0.15, 0.2) is 0 Å². The average Bonchev–Trinajstić information content (AvgIpc) is 1.83. The van der Waals surface area contributed by atoms with Crippen molar-refractivity contribution in [3.8, 4) is 0 Å². The molecule has 0 saturated heterocycles. The number of halogens is 4. The van der Waals surface area contributed by atoms with Crippen molar-refractivity contribution in [1.82, 2.24) is 9.95 Å². The summed E-state index contributed by atoms with van der Waals surface area (Å²) < 4.78 is 13.7. The second kappa shape index (κ2) is 6.00. The zero-order valence-corrected chi connectivity index (χ0v) is 17.9. The lowest BCUT2D eigenvalue weighted by Crippen LogP contribution is -2.33. The number of hydrogen-bond donors (Lipinski definition) is 2. The van der Waals surface area contributed by atoms with Crippen LogP contribution in [0.15, 0.2) is 13.8 Å². The molecule has 0 fully saturated rings. The first-order valence-corrected chi connectivity index (χ1v) is 14.6. The van der Waals surface area contributed by atoms with E-state index in [0.29, 0.717) is 0 Å². The van der Waals surface area contributed by atoms with E-state index in [1.165, 1.54) is 0 Å². The van der Waals surface area contributed by atoms with Crippen molar-refractivity contribution >= 4 is 64.3 Å². The number of rotatable bonds is 1. The highest BCUT2D eigenvalue weighted by atomic mass is 35.9. The highest BCUT2D eigenvalue weighted by Gasteiger charge is 2.38. The quantitative estimate of drug-likeness (QED) is 0.429. The van der Waals surface area contributed by atoms with Crippen LogP contribution in [0.3, 0.4) is 0 Å². The molecule has 1 rings (SSSR count). The van der Waals surface area contributed by atoms with E-state index in [-0.39, 0.29) is 11.1 Å². The maximum atomic E-state index is 6.22. The Morgan fingerprint density at radius 2 is 1.30 bits per heavy atom. The van der Waals surface area contributed by atoms with Gasteiger partial charge in [0.2, 0.25) is 11.8 Å². The summed E-state index contributed by atoms with van der Waals surface area (Å²) in [5, 5.41) is 3.33. The van der Waals surface area contributed by atoms with Crippen molar-refractivity contribution in [2.75, 3.05) is 0 Å². The normalized spacial score (nSPS) is 24.5. The molecule has 0 unspecified atom stereocenters. The molecular weight excluding hydrogens is 401 g/mol. The van der Waals surface area contributed by atoms with E-state index in [2.05, 4.69) is 19.0 Å². The summed E-state index contributed by atoms with van der Waals surface area (Å²) in [6.45, 7) is 11.8. The third-order valence-corrected chi connectivity index (χ3v) is 14.4. The Morgan fingerprint density at radius 1 is 0.900 bits per heavy atom. The van der Waals surface area contributed by atoms with Gasteiger partial charge in [0.1, 0.15) is 0 Å². The molecule has 20 heavy (non-hydrogen) atoms. The van der Waals surface area contributed by atoms with E-state index in [0.717, 1.165) is 0 Å². The Morgan fingerprint density at radius 3 is 1.60 bits per heavy atom. The lowest BCUT2D eigenvalue weighted by atomic mass is 10.1. The van der Waals surface area contributed by atoms with Crippen LogP contribution in [0, 0.1) is 0 Å². The molecule has 5 nitrogen and oxygen atoms in total. The van der Waals surface area contributed by atoms with E-state index < -0.39 is 19.3 Å². The summed E-state index contributed by atoms with van der Waals surface area (Å²) in [6.07, 6.45) is 0. The van der Waals surface area contributed by atoms with Gasteiger partial charge in [-0.15, -0.1) is 0 Å². The molecule has 0 saturated carbocycles. The van der Waals surface area contributed by atoms with Gasteiger partial charge in [-0.2, -0.15) is 13.9 Å². The molecule has 1 aliphatic heterocycles. The third kappa shape index (κ3) is 6.90. The van der Waals surface area contributed by atoms with Crippen LogP contribution in [0.2, 0.25) is 0 Å². The zero-order chi connectivity index (χ0) is 16.0. The zero-order valence-electron chi connectivity index (χ0n) is 12.2. The minimum atomic E-state index is -2.85. The van der Waals surface area contributed by atoms with Gasteiger partial charge < -0.3 is 0 Å². The minimum absolute atomic E-state index is 0.283. The van der Waals surface area contributed by atoms with Crippen LogP contribution >= 0.6 is 64.3 Å². The fraction of sp³-hybridized carbons (Fsp3) is 1.00. The van der Waals surface area contributed by atoms with E-state index >= 15 is 0 Å². The Bertz CT molecular complexity index is 517. The molecule has 0 aromatic heterocycles. The first-order chi connectivity index (χ1) is 8.54. The Kier molecular flexibility index (Phi) is 5.95. The van der Waals surface area contributed by atoms with Crippen molar-refractivity contribution in [2.45, 2.75) is 52.6 Å². The van der Waals surface area contributed by atoms with Crippen LogP contribution in [0.4, 0.5) is 0 Å². The standard InChI is InChI=1S/C8H20Cl4N5P3/c1-7(2,3)13-20(14-8(4,5)6)16-18(9,10)15-19(11,12)17-20/h13,15H,1-6H3. The number of hydrogen-bond acceptors (Lipinski definition) is 2. The van der Waals surface area contributed by atoms with Gasteiger partial charge in [-0.3, -0.25) is 0 Å². The second-order valence-corrected chi connectivity index (χ2v) is 19.1. The van der Waals surface area contributed by atoms with Crippen LogP contribution in [-0.4, -0.2) is 11.1 Å². The van der Waals surface area contributed by atoms with Crippen LogP contribution in [0.25, 0.3) is 0 Å². The average molecular weight is 421 g/mol. The maximum absolute atomic E-state index is 6.22. The molecule has 0 amide bonds. The second-order valence-electron chi connectivity index (χ2n) is 6.45. The van der Waals surface area contributed by atoms with Gasteiger partial charge in [-0.25, -0.2) is 9.83 Å². The lowest BCUT2D eigenvalue weighted by Gasteiger charge is -2.34. The Balaban J connectivity index is 3.62. The maximum Gasteiger partial charge on any atom is 0.257 e. The lowest BCUT2D eigenvalue weighted by molar-refractivity contribution is 0.519. The molecule has 0 spiro atoms. The summed E-state index contributed by atoms with van der Waals surface area (Å²) in [5.41, 5.74) is -0.660. The van der Waals surface area contributed by atoms with Crippen LogP contribution in [0.5, 0.6) is 0 Å². The van der Waals surface area contributed by atoms with Gasteiger partial charge in [0.25, 0.3) is 7.51 Å². The van der Waals surface area contributed by atoms with E-state index in [4.69, 9.17) is 49.7 Å². The van der Waals surface area contributed by atoms with Crippen LogP contribution in [0.1, 0.15) is 41.5 Å². The van der Waals surface area contributed by atoms with Crippen molar-refractivity contribution in [3.05, 3.63) is 0 Å². The molecule has 0 aromatic rings. The molecule has 0 atom stereocenters. The molecule has 0 aliphatic carbocycles. The highest BCUT2D eigenvalue weighted by molar-refractivity contribution is 8.23. The van der Waals surface area contributed by atoms with Crippen molar-refractivity contribution in [3.63, 3.8) is 0 Å². The molecule has 0 radical (unpaired) electrons. The fourth-order valence-corrected chi connectivity index (χ4v) is 17.9. The molecule has 12 heteroatoms. The van der Waals surface area contributed by atoms with Crippen molar-refractivity contribution < 1.29 is 0 Å². The van der Waals surface area contributed by atoms with E-state index in [1.807, 2.05) is 41.5 Å².